The average Bonchev–Trinajstić information content (AvgIpc) is 3.27. The van der Waals surface area contributed by atoms with E-state index in [4.69, 9.17) is 13.9 Å². The largest absolute Gasteiger partial charge is 0.472 e. The summed E-state index contributed by atoms with van der Waals surface area (Å²) in [7, 11) is 1.42. The van der Waals surface area contributed by atoms with Crippen LogP contribution in [0, 0.1) is 22.7 Å². The molecule has 5 atom stereocenters. The fourth-order valence-corrected chi connectivity index (χ4v) is 6.14. The van der Waals surface area contributed by atoms with Crippen molar-refractivity contribution in [2.24, 2.45) is 22.7 Å². The van der Waals surface area contributed by atoms with Crippen LogP contribution >= 0.6 is 0 Å². The molecule has 1 aromatic rings. The summed E-state index contributed by atoms with van der Waals surface area (Å²) >= 11 is 0. The van der Waals surface area contributed by atoms with Gasteiger partial charge in [-0.2, -0.15) is 0 Å². The lowest BCUT2D eigenvalue weighted by Crippen LogP contribution is -2.60. The van der Waals surface area contributed by atoms with E-state index in [0.717, 1.165) is 32.1 Å². The molecule has 0 saturated heterocycles. The van der Waals surface area contributed by atoms with E-state index in [-0.39, 0.29) is 23.3 Å². The molecule has 5 unspecified atom stereocenters. The number of hydrogen-bond acceptors (Lipinski definition) is 5. The van der Waals surface area contributed by atoms with Crippen molar-refractivity contribution in [2.45, 2.75) is 72.3 Å². The number of ether oxygens (including phenoxy) is 2. The number of aryl methyl sites for hydroxylation is 1. The number of carbonyl (C=O) groups is 2. The topological polar surface area (TPSA) is 65.7 Å². The Kier molecular flexibility index (Phi) is 6.82. The molecule has 2 aliphatic rings. The molecule has 0 aromatic carbocycles. The minimum Gasteiger partial charge on any atom is -0.472 e. The third kappa shape index (κ3) is 4.11. The van der Waals surface area contributed by atoms with Gasteiger partial charge in [0.05, 0.1) is 19.6 Å². The van der Waals surface area contributed by atoms with Crippen LogP contribution in [0.4, 0.5) is 0 Å². The van der Waals surface area contributed by atoms with E-state index < -0.39 is 11.5 Å². The molecule has 0 bridgehead atoms. The fourth-order valence-electron chi connectivity index (χ4n) is 6.14. The molecule has 0 spiro atoms. The molecule has 5 nitrogen and oxygen atoms in total. The van der Waals surface area contributed by atoms with Crippen LogP contribution in [0.5, 0.6) is 0 Å². The lowest BCUT2D eigenvalue weighted by molar-refractivity contribution is -0.196. The molecule has 0 radical (unpaired) electrons. The lowest BCUT2D eigenvalue weighted by atomic mass is 9.46. The van der Waals surface area contributed by atoms with Gasteiger partial charge >= 0.3 is 11.9 Å². The summed E-state index contributed by atoms with van der Waals surface area (Å²) in [5, 5.41) is 0. The van der Waals surface area contributed by atoms with E-state index in [1.54, 1.807) is 25.5 Å². The first-order valence-electron chi connectivity index (χ1n) is 11.3. The van der Waals surface area contributed by atoms with Crippen molar-refractivity contribution in [3.05, 3.63) is 48.0 Å². The van der Waals surface area contributed by atoms with Crippen molar-refractivity contribution in [1.29, 1.82) is 0 Å². The molecule has 3 rings (SSSR count). The fraction of sp³-hybridized carbons (Fsp3) is 0.615. The summed E-state index contributed by atoms with van der Waals surface area (Å²) in [5.74, 6) is -0.313. The quantitative estimate of drug-likeness (QED) is 0.333. The van der Waals surface area contributed by atoms with Crippen molar-refractivity contribution < 1.29 is 23.5 Å². The number of allylic oxidation sites excluding steroid dienone is 2. The van der Waals surface area contributed by atoms with E-state index in [1.807, 2.05) is 19.9 Å². The van der Waals surface area contributed by atoms with E-state index in [2.05, 4.69) is 13.5 Å². The maximum absolute atomic E-state index is 13.2. The summed E-state index contributed by atoms with van der Waals surface area (Å²) in [6, 6.07) is 2.00. The van der Waals surface area contributed by atoms with Gasteiger partial charge in [0.25, 0.3) is 0 Å². The van der Waals surface area contributed by atoms with Gasteiger partial charge in [0.15, 0.2) is 0 Å². The normalized spacial score (nSPS) is 33.5. The summed E-state index contributed by atoms with van der Waals surface area (Å²) in [4.78, 5) is 25.8. The molecule has 1 aromatic heterocycles. The second kappa shape index (κ2) is 9.05. The van der Waals surface area contributed by atoms with Crippen molar-refractivity contribution in [2.75, 3.05) is 7.11 Å². The number of methoxy groups -OCH3 is 1. The van der Waals surface area contributed by atoms with E-state index in [9.17, 15) is 9.59 Å². The zero-order chi connectivity index (χ0) is 22.8. The van der Waals surface area contributed by atoms with Crippen LogP contribution in [0.3, 0.4) is 0 Å². The minimum absolute atomic E-state index is 0.0461. The zero-order valence-electron chi connectivity index (χ0n) is 19.5. The van der Waals surface area contributed by atoms with Gasteiger partial charge in [-0.25, -0.2) is 4.79 Å². The Morgan fingerprint density at radius 2 is 2.06 bits per heavy atom. The number of esters is 2. The highest BCUT2D eigenvalue weighted by Gasteiger charge is 2.62. The van der Waals surface area contributed by atoms with E-state index in [0.29, 0.717) is 17.9 Å². The predicted molar refractivity (Wildman–Crippen MR) is 119 cm³/mol. The molecule has 2 fully saturated rings. The molecule has 1 heterocycles. The van der Waals surface area contributed by atoms with Crippen LogP contribution in [-0.4, -0.2) is 25.2 Å². The smallest absolute Gasteiger partial charge is 0.333 e. The van der Waals surface area contributed by atoms with Gasteiger partial charge in [-0.1, -0.05) is 25.2 Å². The second-order valence-electron chi connectivity index (χ2n) is 9.66. The third-order valence-corrected chi connectivity index (χ3v) is 8.11. The predicted octanol–water partition coefficient (Wildman–Crippen LogP) is 5.65. The van der Waals surface area contributed by atoms with Crippen LogP contribution in [0.25, 0.3) is 0 Å². The van der Waals surface area contributed by atoms with Gasteiger partial charge in [0, 0.05) is 5.57 Å². The van der Waals surface area contributed by atoms with Crippen LogP contribution in [0.2, 0.25) is 0 Å². The first-order chi connectivity index (χ1) is 14.7. The number of furan rings is 1. The number of hydrogen-bond donors (Lipinski definition) is 0. The molecule has 31 heavy (non-hydrogen) atoms. The molecule has 2 aliphatic carbocycles. The molecule has 5 heteroatoms. The Morgan fingerprint density at radius 3 is 2.68 bits per heavy atom. The molecule has 0 amide bonds. The molecular weight excluding hydrogens is 392 g/mol. The standard InChI is InChI=1S/C26H36O5/c1-7-17(2)23(27)31-22-12-14-25(4)20(10-9-19-13-15-30-16-19)18(3)8-11-21(25)26(22,5)24(28)29-6/h7,13,15-16,20-22H,3,8-12,14H2,1-2,4-6H3. The summed E-state index contributed by atoms with van der Waals surface area (Å²) < 4.78 is 16.4. The van der Waals surface area contributed by atoms with Crippen LogP contribution in [0.15, 0.2) is 46.8 Å². The molecule has 0 N–H and O–H groups in total. The Labute approximate surface area is 185 Å². The lowest BCUT2D eigenvalue weighted by Gasteiger charge is -2.59. The average molecular weight is 429 g/mol. The highest BCUT2D eigenvalue weighted by molar-refractivity contribution is 5.88. The third-order valence-electron chi connectivity index (χ3n) is 8.11. The summed E-state index contributed by atoms with van der Waals surface area (Å²) in [6.45, 7) is 12.2. The van der Waals surface area contributed by atoms with Gasteiger partial charge in [0.1, 0.15) is 11.5 Å². The van der Waals surface area contributed by atoms with Crippen molar-refractivity contribution in [1.82, 2.24) is 0 Å². The second-order valence-corrected chi connectivity index (χ2v) is 9.66. The number of carbonyl (C=O) groups excluding carboxylic acids is 2. The first kappa shape index (κ1) is 23.4. The Hall–Kier alpha value is -2.30. The maximum atomic E-state index is 13.2. The van der Waals surface area contributed by atoms with Crippen molar-refractivity contribution in [3.63, 3.8) is 0 Å². The van der Waals surface area contributed by atoms with Crippen LogP contribution < -0.4 is 0 Å². The maximum Gasteiger partial charge on any atom is 0.333 e. The molecule has 0 aliphatic heterocycles. The first-order valence-corrected chi connectivity index (χ1v) is 11.3. The van der Waals surface area contributed by atoms with Crippen molar-refractivity contribution in [3.8, 4) is 0 Å². The van der Waals surface area contributed by atoms with Gasteiger partial charge in [-0.15, -0.1) is 0 Å². The summed E-state index contributed by atoms with van der Waals surface area (Å²) in [5.41, 5.74) is 1.99. The van der Waals surface area contributed by atoms with Crippen LogP contribution in [0.1, 0.15) is 65.4 Å². The zero-order valence-corrected chi connectivity index (χ0v) is 19.5. The van der Waals surface area contributed by atoms with Crippen molar-refractivity contribution >= 4 is 11.9 Å². The SMILES string of the molecule is C=C1CCC2C(C)(CCC(OC(=O)C(C)=CC)C2(C)C(=O)OC)C1CCc1ccoc1. The molecule has 2 saturated carbocycles. The molecular formula is C26H36O5. The summed E-state index contributed by atoms with van der Waals surface area (Å²) in [6.07, 6.45) is 9.85. The van der Waals surface area contributed by atoms with Crippen LogP contribution in [-0.2, 0) is 25.5 Å². The highest BCUT2D eigenvalue weighted by atomic mass is 16.6. The molecule has 170 valence electrons. The monoisotopic (exact) mass is 428 g/mol. The van der Waals surface area contributed by atoms with E-state index >= 15 is 0 Å². The Morgan fingerprint density at radius 1 is 1.32 bits per heavy atom. The Bertz CT molecular complexity index is 851. The number of rotatable bonds is 6. The van der Waals surface area contributed by atoms with E-state index in [1.165, 1.54) is 18.2 Å². The Balaban J connectivity index is 1.92. The van der Waals surface area contributed by atoms with Gasteiger partial charge in [-0.3, -0.25) is 4.79 Å². The number of fused-ring (bicyclic) bond motifs is 1. The minimum atomic E-state index is -0.889. The van der Waals surface area contributed by atoms with Gasteiger partial charge in [-0.05, 0) is 88.2 Å². The van der Waals surface area contributed by atoms with Gasteiger partial charge in [0.2, 0.25) is 0 Å². The highest BCUT2D eigenvalue weighted by Crippen LogP contribution is 2.62. The van der Waals surface area contributed by atoms with Gasteiger partial charge < -0.3 is 13.9 Å².